The molecule has 1 aromatic carbocycles. The lowest BCUT2D eigenvalue weighted by Crippen LogP contribution is -2.41. The summed E-state index contributed by atoms with van der Waals surface area (Å²) in [6, 6.07) is 3.06. The predicted octanol–water partition coefficient (Wildman–Crippen LogP) is 4.60. The van der Waals surface area contributed by atoms with Crippen LogP contribution >= 0.6 is 11.6 Å². The Bertz CT molecular complexity index is 727. The second-order valence-corrected chi connectivity index (χ2v) is 6.66. The average molecular weight is 390 g/mol. The quantitative estimate of drug-likeness (QED) is 0.708. The minimum atomic E-state index is -4.73. The van der Waals surface area contributed by atoms with Gasteiger partial charge in [0, 0.05) is 24.7 Å². The van der Waals surface area contributed by atoms with Crippen molar-refractivity contribution in [2.75, 3.05) is 24.6 Å². The summed E-state index contributed by atoms with van der Waals surface area (Å²) in [7, 11) is 0. The van der Waals surface area contributed by atoms with E-state index in [2.05, 4.69) is 0 Å². The Morgan fingerprint density at radius 2 is 2.00 bits per heavy atom. The van der Waals surface area contributed by atoms with Gasteiger partial charge in [0.2, 0.25) is 6.10 Å². The zero-order valence-corrected chi connectivity index (χ0v) is 15.0. The van der Waals surface area contributed by atoms with Crippen LogP contribution in [0.2, 0.25) is 5.02 Å². The number of rotatable bonds is 3. The summed E-state index contributed by atoms with van der Waals surface area (Å²) in [5.74, 6) is -0.984. The number of piperidine rings is 1. The number of halogens is 4. The second kappa shape index (κ2) is 7.39. The first-order valence-electron chi connectivity index (χ1n) is 8.52. The van der Waals surface area contributed by atoms with Gasteiger partial charge in [-0.1, -0.05) is 11.6 Å². The molecular formula is C18H19ClF3NO3. The van der Waals surface area contributed by atoms with Crippen LogP contribution in [0.15, 0.2) is 17.7 Å². The van der Waals surface area contributed by atoms with Gasteiger partial charge in [-0.3, -0.25) is 0 Å². The number of carbonyl (C=O) groups excluding carboxylic acids is 1. The van der Waals surface area contributed by atoms with Crippen LogP contribution in [-0.4, -0.2) is 37.9 Å². The van der Waals surface area contributed by atoms with Gasteiger partial charge in [0.15, 0.2) is 0 Å². The molecule has 2 aliphatic heterocycles. The Morgan fingerprint density at radius 1 is 1.31 bits per heavy atom. The largest absolute Gasteiger partial charge is 0.475 e. The third kappa shape index (κ3) is 3.77. The first-order valence-corrected chi connectivity index (χ1v) is 8.89. The number of hydrogen-bond acceptors (Lipinski definition) is 4. The van der Waals surface area contributed by atoms with E-state index < -0.39 is 23.8 Å². The van der Waals surface area contributed by atoms with Gasteiger partial charge in [-0.15, -0.1) is 0 Å². The Balaban J connectivity index is 2.01. The molecule has 0 spiro atoms. The fourth-order valence-corrected chi connectivity index (χ4v) is 3.50. The fourth-order valence-electron chi connectivity index (χ4n) is 3.21. The maximum atomic E-state index is 13.4. The number of ether oxygens (including phenoxy) is 2. The molecule has 0 bridgehead atoms. The minimum Gasteiger partial charge on any atom is -0.475 e. The number of benzene rings is 1. The Morgan fingerprint density at radius 3 is 2.62 bits per heavy atom. The lowest BCUT2D eigenvalue weighted by atomic mass is 10.00. The van der Waals surface area contributed by atoms with Crippen molar-refractivity contribution in [2.24, 2.45) is 0 Å². The normalized spacial score (nSPS) is 20.1. The molecule has 4 nitrogen and oxygen atoms in total. The van der Waals surface area contributed by atoms with E-state index in [1.165, 1.54) is 19.1 Å². The zero-order chi connectivity index (χ0) is 18.9. The molecule has 2 heterocycles. The third-order valence-corrected chi connectivity index (χ3v) is 4.73. The van der Waals surface area contributed by atoms with Crippen LogP contribution in [0, 0.1) is 0 Å². The number of alkyl halides is 3. The molecule has 0 N–H and O–H groups in total. The van der Waals surface area contributed by atoms with Gasteiger partial charge < -0.3 is 14.4 Å². The number of nitrogens with zero attached hydrogens (tertiary/aromatic N) is 1. The molecule has 0 aliphatic carbocycles. The van der Waals surface area contributed by atoms with Crippen molar-refractivity contribution in [1.82, 2.24) is 0 Å². The first kappa shape index (κ1) is 18.9. The lowest BCUT2D eigenvalue weighted by Gasteiger charge is -2.32. The van der Waals surface area contributed by atoms with Crippen LogP contribution in [0.5, 0.6) is 5.75 Å². The van der Waals surface area contributed by atoms with Gasteiger partial charge in [-0.2, -0.15) is 13.2 Å². The van der Waals surface area contributed by atoms with E-state index in [1.54, 1.807) is 0 Å². The van der Waals surface area contributed by atoms with E-state index in [4.69, 9.17) is 21.1 Å². The van der Waals surface area contributed by atoms with Crippen molar-refractivity contribution in [3.05, 3.63) is 28.3 Å². The summed E-state index contributed by atoms with van der Waals surface area (Å²) >= 11 is 6.34. The molecule has 0 amide bonds. The number of fused-ring (bicyclic) bond motifs is 1. The minimum absolute atomic E-state index is 0.0255. The van der Waals surface area contributed by atoms with E-state index in [1.807, 2.05) is 4.90 Å². The van der Waals surface area contributed by atoms with Crippen LogP contribution in [0.3, 0.4) is 0 Å². The molecule has 0 radical (unpaired) electrons. The van der Waals surface area contributed by atoms with Crippen molar-refractivity contribution in [1.29, 1.82) is 0 Å². The number of carbonyl (C=O) groups is 1. The highest BCUT2D eigenvalue weighted by Gasteiger charge is 2.49. The maximum absolute atomic E-state index is 13.4. The van der Waals surface area contributed by atoms with Crippen LogP contribution in [0.4, 0.5) is 18.9 Å². The predicted molar refractivity (Wildman–Crippen MR) is 92.6 cm³/mol. The molecule has 1 saturated heterocycles. The molecule has 2 aliphatic rings. The second-order valence-electron chi connectivity index (χ2n) is 6.25. The molecule has 3 rings (SSSR count). The molecule has 142 valence electrons. The smallest absolute Gasteiger partial charge is 0.430 e. The van der Waals surface area contributed by atoms with Gasteiger partial charge in [0.05, 0.1) is 22.9 Å². The molecule has 1 atom stereocenters. The van der Waals surface area contributed by atoms with Gasteiger partial charge in [0.1, 0.15) is 5.75 Å². The molecule has 1 fully saturated rings. The summed E-state index contributed by atoms with van der Waals surface area (Å²) in [6.07, 6.45) is -2.80. The van der Waals surface area contributed by atoms with Gasteiger partial charge in [0.25, 0.3) is 0 Å². The van der Waals surface area contributed by atoms with Crippen LogP contribution in [0.25, 0.3) is 6.08 Å². The Labute approximate surface area is 154 Å². The standard InChI is InChI=1S/C18H19ClF3NO3/c1-2-25-17(24)12-8-11-9-13(19)14(23-6-4-3-5-7-23)10-15(11)26-16(12)18(20,21)22/h8-10,16H,2-7H2,1H3. The van der Waals surface area contributed by atoms with Crippen molar-refractivity contribution < 1.29 is 27.4 Å². The van der Waals surface area contributed by atoms with Crippen molar-refractivity contribution in [2.45, 2.75) is 38.5 Å². The topological polar surface area (TPSA) is 38.8 Å². The third-order valence-electron chi connectivity index (χ3n) is 4.42. The summed E-state index contributed by atoms with van der Waals surface area (Å²) < 4.78 is 50.2. The van der Waals surface area contributed by atoms with Crippen LogP contribution < -0.4 is 9.64 Å². The first-order chi connectivity index (χ1) is 12.3. The Kier molecular flexibility index (Phi) is 5.37. The van der Waals surface area contributed by atoms with E-state index in [9.17, 15) is 18.0 Å². The fraction of sp³-hybridized carbons (Fsp3) is 0.500. The van der Waals surface area contributed by atoms with E-state index in [0.29, 0.717) is 16.3 Å². The number of esters is 1. The SMILES string of the molecule is CCOC(=O)C1=Cc2cc(Cl)c(N3CCCCC3)cc2OC1C(F)(F)F. The van der Waals surface area contributed by atoms with E-state index in [-0.39, 0.29) is 12.4 Å². The molecule has 1 aromatic rings. The highest BCUT2D eigenvalue weighted by atomic mass is 35.5. The number of anilines is 1. The monoisotopic (exact) mass is 389 g/mol. The zero-order valence-electron chi connectivity index (χ0n) is 14.2. The van der Waals surface area contributed by atoms with E-state index >= 15 is 0 Å². The summed E-state index contributed by atoms with van der Waals surface area (Å²) in [5, 5.41) is 0.416. The maximum Gasteiger partial charge on any atom is 0.430 e. The van der Waals surface area contributed by atoms with Crippen molar-refractivity contribution >= 4 is 29.3 Å². The van der Waals surface area contributed by atoms with Gasteiger partial charge in [-0.25, -0.2) is 4.79 Å². The molecule has 0 aromatic heterocycles. The molecule has 8 heteroatoms. The highest BCUT2D eigenvalue weighted by Crippen LogP contribution is 2.42. The van der Waals surface area contributed by atoms with Gasteiger partial charge in [-0.05, 0) is 38.3 Å². The highest BCUT2D eigenvalue weighted by molar-refractivity contribution is 6.33. The summed E-state index contributed by atoms with van der Waals surface area (Å²) in [4.78, 5) is 14.0. The van der Waals surface area contributed by atoms with Crippen LogP contribution in [0.1, 0.15) is 31.7 Å². The van der Waals surface area contributed by atoms with Crippen molar-refractivity contribution in [3.63, 3.8) is 0 Å². The summed E-state index contributed by atoms with van der Waals surface area (Å²) in [6.45, 7) is 3.10. The molecule has 26 heavy (non-hydrogen) atoms. The molecule has 0 saturated carbocycles. The average Bonchev–Trinajstić information content (AvgIpc) is 2.60. The molecule has 1 unspecified atom stereocenters. The molecular weight excluding hydrogens is 371 g/mol. The van der Waals surface area contributed by atoms with E-state index in [0.717, 1.165) is 38.4 Å². The lowest BCUT2D eigenvalue weighted by molar-refractivity contribution is -0.187. The number of hydrogen-bond donors (Lipinski definition) is 0. The van der Waals surface area contributed by atoms with Crippen LogP contribution in [-0.2, 0) is 9.53 Å². The Hall–Kier alpha value is -1.89. The summed E-state index contributed by atoms with van der Waals surface area (Å²) in [5.41, 5.74) is 0.409. The van der Waals surface area contributed by atoms with Gasteiger partial charge >= 0.3 is 12.1 Å². The van der Waals surface area contributed by atoms with Crippen molar-refractivity contribution in [3.8, 4) is 5.75 Å².